The first kappa shape index (κ1) is 15.0. The zero-order valence-electron chi connectivity index (χ0n) is 12.4. The lowest BCUT2D eigenvalue weighted by molar-refractivity contribution is -0.116. The van der Waals surface area contributed by atoms with Crippen LogP contribution >= 0.6 is 0 Å². The number of carbonyl (C=O) groups is 1. The van der Waals surface area contributed by atoms with Gasteiger partial charge in [-0.25, -0.2) is 4.98 Å². The minimum atomic E-state index is -0.0425. The number of hydrogen-bond acceptors (Lipinski definition) is 3. The van der Waals surface area contributed by atoms with Gasteiger partial charge in [-0.05, 0) is 37.5 Å². The molecule has 0 bridgehead atoms. The Morgan fingerprint density at radius 2 is 2.00 bits per heavy atom. The van der Waals surface area contributed by atoms with E-state index < -0.39 is 0 Å². The highest BCUT2D eigenvalue weighted by atomic mass is 16.5. The van der Waals surface area contributed by atoms with Gasteiger partial charge in [0.1, 0.15) is 0 Å². The van der Waals surface area contributed by atoms with Gasteiger partial charge in [0.05, 0.1) is 7.11 Å². The maximum Gasteiger partial charge on any atom is 0.225 e. The average Bonchev–Trinajstić information content (AvgIpc) is 2.50. The van der Waals surface area contributed by atoms with Crippen molar-refractivity contribution in [1.82, 2.24) is 4.98 Å². The van der Waals surface area contributed by atoms with Gasteiger partial charge in [-0.15, -0.1) is 0 Å². The van der Waals surface area contributed by atoms with Gasteiger partial charge in [0.15, 0.2) is 11.6 Å². The van der Waals surface area contributed by atoms with Crippen molar-refractivity contribution >= 4 is 11.7 Å². The highest BCUT2D eigenvalue weighted by Crippen LogP contribution is 2.20. The first-order valence-corrected chi connectivity index (χ1v) is 7.03. The van der Waals surface area contributed by atoms with Crippen LogP contribution in [0.1, 0.15) is 24.0 Å². The van der Waals surface area contributed by atoms with E-state index in [2.05, 4.69) is 41.5 Å². The third-order valence-electron chi connectivity index (χ3n) is 3.24. The van der Waals surface area contributed by atoms with Gasteiger partial charge in [0.25, 0.3) is 0 Å². The van der Waals surface area contributed by atoms with Gasteiger partial charge in [0.2, 0.25) is 5.91 Å². The van der Waals surface area contributed by atoms with Crippen LogP contribution in [0.4, 0.5) is 5.82 Å². The Labute approximate surface area is 125 Å². The highest BCUT2D eigenvalue weighted by molar-refractivity contribution is 5.91. The molecule has 0 saturated heterocycles. The zero-order valence-corrected chi connectivity index (χ0v) is 12.4. The van der Waals surface area contributed by atoms with Crippen LogP contribution in [0.2, 0.25) is 0 Å². The van der Waals surface area contributed by atoms with Crippen molar-refractivity contribution in [1.29, 1.82) is 0 Å². The number of hydrogen-bond donors (Lipinski definition) is 1. The number of ether oxygens (including phenoxy) is 1. The predicted octanol–water partition coefficient (Wildman–Crippen LogP) is 3.36. The topological polar surface area (TPSA) is 51.2 Å². The smallest absolute Gasteiger partial charge is 0.225 e. The van der Waals surface area contributed by atoms with Crippen molar-refractivity contribution in [2.24, 2.45) is 0 Å². The van der Waals surface area contributed by atoms with Gasteiger partial charge in [-0.3, -0.25) is 4.79 Å². The SMILES string of the molecule is COc1cccnc1NC(=O)CCCc1ccc(C)cc1. The zero-order chi connectivity index (χ0) is 15.1. The Morgan fingerprint density at radius 3 is 2.71 bits per heavy atom. The van der Waals surface area contributed by atoms with E-state index in [9.17, 15) is 4.79 Å². The van der Waals surface area contributed by atoms with Gasteiger partial charge in [0, 0.05) is 12.6 Å². The minimum Gasteiger partial charge on any atom is -0.493 e. The molecule has 1 N–H and O–H groups in total. The summed E-state index contributed by atoms with van der Waals surface area (Å²) in [6.45, 7) is 2.07. The molecule has 21 heavy (non-hydrogen) atoms. The Bertz CT molecular complexity index is 594. The predicted molar refractivity (Wildman–Crippen MR) is 83.5 cm³/mol. The molecule has 1 amide bonds. The Morgan fingerprint density at radius 1 is 1.24 bits per heavy atom. The quantitative estimate of drug-likeness (QED) is 0.885. The fourth-order valence-corrected chi connectivity index (χ4v) is 2.05. The van der Waals surface area contributed by atoms with Crippen LogP contribution in [-0.2, 0) is 11.2 Å². The molecular formula is C17H20N2O2. The van der Waals surface area contributed by atoms with Crippen molar-refractivity contribution in [3.05, 3.63) is 53.7 Å². The summed E-state index contributed by atoms with van der Waals surface area (Å²) in [5, 5.41) is 2.78. The second-order valence-electron chi connectivity index (χ2n) is 4.94. The Balaban J connectivity index is 1.81. The normalized spacial score (nSPS) is 10.2. The van der Waals surface area contributed by atoms with Gasteiger partial charge in [-0.2, -0.15) is 0 Å². The molecule has 1 aromatic heterocycles. The third-order valence-corrected chi connectivity index (χ3v) is 3.24. The van der Waals surface area contributed by atoms with E-state index in [-0.39, 0.29) is 5.91 Å². The molecular weight excluding hydrogens is 264 g/mol. The molecule has 1 heterocycles. The average molecular weight is 284 g/mol. The number of benzene rings is 1. The van der Waals surface area contributed by atoms with E-state index in [0.717, 1.165) is 12.8 Å². The third kappa shape index (κ3) is 4.60. The maximum absolute atomic E-state index is 11.9. The van der Waals surface area contributed by atoms with Crippen LogP contribution in [-0.4, -0.2) is 18.0 Å². The number of nitrogens with one attached hydrogen (secondary N) is 1. The fourth-order valence-electron chi connectivity index (χ4n) is 2.05. The van der Waals surface area contributed by atoms with E-state index in [1.807, 2.05) is 0 Å². The molecule has 0 fully saturated rings. The summed E-state index contributed by atoms with van der Waals surface area (Å²) in [6.07, 6.45) is 3.80. The van der Waals surface area contributed by atoms with Gasteiger partial charge in [-0.1, -0.05) is 29.8 Å². The summed E-state index contributed by atoms with van der Waals surface area (Å²) in [6, 6.07) is 11.9. The number of rotatable bonds is 6. The van der Waals surface area contributed by atoms with Crippen molar-refractivity contribution in [3.8, 4) is 5.75 Å². The molecule has 0 radical (unpaired) electrons. The van der Waals surface area contributed by atoms with Crippen molar-refractivity contribution < 1.29 is 9.53 Å². The lowest BCUT2D eigenvalue weighted by Gasteiger charge is -2.08. The molecule has 0 unspecified atom stereocenters. The maximum atomic E-state index is 11.9. The second-order valence-corrected chi connectivity index (χ2v) is 4.94. The van der Waals surface area contributed by atoms with E-state index in [1.54, 1.807) is 25.4 Å². The molecule has 110 valence electrons. The van der Waals surface area contributed by atoms with E-state index in [4.69, 9.17) is 4.74 Å². The van der Waals surface area contributed by atoms with E-state index in [1.165, 1.54) is 11.1 Å². The van der Waals surface area contributed by atoms with E-state index >= 15 is 0 Å². The standard InChI is InChI=1S/C17H20N2O2/c1-13-8-10-14(11-9-13)5-3-7-16(20)19-17-15(21-2)6-4-12-18-17/h4,6,8-12H,3,5,7H2,1-2H3,(H,18,19,20). The summed E-state index contributed by atoms with van der Waals surface area (Å²) in [7, 11) is 1.56. The number of aryl methyl sites for hydroxylation is 2. The number of aromatic nitrogens is 1. The molecule has 0 aliphatic heterocycles. The van der Waals surface area contributed by atoms with Crippen LogP contribution in [0.15, 0.2) is 42.6 Å². The second kappa shape index (κ2) is 7.43. The van der Waals surface area contributed by atoms with Crippen LogP contribution in [0.3, 0.4) is 0 Å². The lowest BCUT2D eigenvalue weighted by atomic mass is 10.1. The monoisotopic (exact) mass is 284 g/mol. The molecule has 4 heteroatoms. The van der Waals surface area contributed by atoms with Gasteiger partial charge >= 0.3 is 0 Å². The fraction of sp³-hybridized carbons (Fsp3) is 0.294. The number of nitrogens with zero attached hydrogens (tertiary/aromatic N) is 1. The number of carbonyl (C=O) groups excluding carboxylic acids is 1. The van der Waals surface area contributed by atoms with Crippen LogP contribution < -0.4 is 10.1 Å². The first-order chi connectivity index (χ1) is 10.2. The summed E-state index contributed by atoms with van der Waals surface area (Å²) in [5.74, 6) is 1.00. The molecule has 0 atom stereocenters. The number of anilines is 1. The molecule has 0 aliphatic rings. The van der Waals surface area contributed by atoms with Crippen LogP contribution in [0.25, 0.3) is 0 Å². The molecule has 2 rings (SSSR count). The lowest BCUT2D eigenvalue weighted by Crippen LogP contribution is -2.13. The number of amides is 1. The highest BCUT2D eigenvalue weighted by Gasteiger charge is 2.08. The van der Waals surface area contributed by atoms with E-state index in [0.29, 0.717) is 18.0 Å². The molecule has 1 aromatic carbocycles. The largest absolute Gasteiger partial charge is 0.493 e. The first-order valence-electron chi connectivity index (χ1n) is 7.03. The van der Waals surface area contributed by atoms with Crippen molar-refractivity contribution in [3.63, 3.8) is 0 Å². The van der Waals surface area contributed by atoms with Gasteiger partial charge < -0.3 is 10.1 Å². The molecule has 0 aliphatic carbocycles. The molecule has 0 spiro atoms. The summed E-state index contributed by atoms with van der Waals surface area (Å²) in [5.41, 5.74) is 2.50. The summed E-state index contributed by atoms with van der Waals surface area (Å²) >= 11 is 0. The summed E-state index contributed by atoms with van der Waals surface area (Å²) in [4.78, 5) is 16.0. The number of pyridine rings is 1. The molecule has 0 saturated carbocycles. The molecule has 2 aromatic rings. The van der Waals surface area contributed by atoms with Crippen molar-refractivity contribution in [2.75, 3.05) is 12.4 Å². The Kier molecular flexibility index (Phi) is 5.32. The summed E-state index contributed by atoms with van der Waals surface area (Å²) < 4.78 is 5.15. The molecule has 4 nitrogen and oxygen atoms in total. The van der Waals surface area contributed by atoms with Crippen LogP contribution in [0, 0.1) is 6.92 Å². The van der Waals surface area contributed by atoms with Crippen LogP contribution in [0.5, 0.6) is 5.75 Å². The number of methoxy groups -OCH3 is 1. The minimum absolute atomic E-state index is 0.0425. The van der Waals surface area contributed by atoms with Crippen molar-refractivity contribution in [2.45, 2.75) is 26.2 Å². The Hall–Kier alpha value is -2.36.